The highest BCUT2D eigenvalue weighted by molar-refractivity contribution is 5.86. The van der Waals surface area contributed by atoms with Gasteiger partial charge in [0, 0.05) is 0 Å². The summed E-state index contributed by atoms with van der Waals surface area (Å²) in [7, 11) is 0. The Morgan fingerprint density at radius 1 is 1.22 bits per heavy atom. The topological polar surface area (TPSA) is 114 Å². The minimum Gasteiger partial charge on any atom is -0.480 e. The first kappa shape index (κ1) is 20.5. The zero-order chi connectivity index (χ0) is 20.1. The molecule has 1 aromatic heterocycles. The predicted molar refractivity (Wildman–Crippen MR) is 101 cm³/mol. The molecule has 0 saturated heterocycles. The van der Waals surface area contributed by atoms with E-state index in [2.05, 4.69) is 15.6 Å². The molecule has 2 aromatic rings. The fourth-order valence-electron chi connectivity index (χ4n) is 2.90. The Balaban J connectivity index is 2.43. The van der Waals surface area contributed by atoms with Crippen LogP contribution in [0.2, 0.25) is 0 Å². The lowest BCUT2D eigenvalue weighted by atomic mass is 9.97. The van der Waals surface area contributed by atoms with Crippen LogP contribution in [-0.4, -0.2) is 38.0 Å². The Morgan fingerprint density at radius 3 is 2.48 bits per heavy atom. The molecule has 0 saturated carbocycles. The molecule has 0 aliphatic heterocycles. The molecule has 8 heteroatoms. The summed E-state index contributed by atoms with van der Waals surface area (Å²) in [6.45, 7) is 7.46. The van der Waals surface area contributed by atoms with Crippen LogP contribution in [0.15, 0.2) is 29.1 Å². The van der Waals surface area contributed by atoms with Gasteiger partial charge in [0.05, 0.1) is 5.39 Å². The van der Waals surface area contributed by atoms with Crippen molar-refractivity contribution < 1.29 is 14.7 Å². The van der Waals surface area contributed by atoms with E-state index in [0.29, 0.717) is 23.7 Å². The van der Waals surface area contributed by atoms with Crippen LogP contribution in [0, 0.1) is 11.8 Å². The number of carboxylic acid groups (broad SMARTS) is 1. The lowest BCUT2D eigenvalue weighted by molar-refractivity contribution is -0.144. The maximum Gasteiger partial charge on any atom is 0.326 e. The van der Waals surface area contributed by atoms with Crippen molar-refractivity contribution in [3.8, 4) is 0 Å². The highest BCUT2D eigenvalue weighted by Gasteiger charge is 2.31. The standard InChI is InChI=1S/C19H26N4O4/c1-5-12(4)16(19(26)27)20-17(24)15(10-11(2)3)23-18(25)13-8-6-7-9-14(13)21-22-23/h6-9,11-12,15-16H,5,10H2,1-4H3,(H,20,24)(H,26,27)/t12-,15+,16+/m1/s1. The van der Waals surface area contributed by atoms with E-state index in [0.717, 1.165) is 4.68 Å². The van der Waals surface area contributed by atoms with E-state index in [9.17, 15) is 19.5 Å². The zero-order valence-electron chi connectivity index (χ0n) is 16.0. The van der Waals surface area contributed by atoms with E-state index in [1.54, 1.807) is 31.2 Å². The van der Waals surface area contributed by atoms with Gasteiger partial charge in [0.25, 0.3) is 5.56 Å². The van der Waals surface area contributed by atoms with Crippen LogP contribution in [0.25, 0.3) is 10.9 Å². The number of rotatable bonds is 8. The second kappa shape index (κ2) is 8.75. The van der Waals surface area contributed by atoms with Gasteiger partial charge in [-0.15, -0.1) is 5.10 Å². The van der Waals surface area contributed by atoms with E-state index in [-0.39, 0.29) is 11.8 Å². The lowest BCUT2D eigenvalue weighted by Gasteiger charge is -2.25. The molecule has 0 radical (unpaired) electrons. The Morgan fingerprint density at radius 2 is 1.89 bits per heavy atom. The van der Waals surface area contributed by atoms with E-state index >= 15 is 0 Å². The Labute approximate surface area is 157 Å². The maximum atomic E-state index is 12.9. The summed E-state index contributed by atoms with van der Waals surface area (Å²) in [5.74, 6) is -1.79. The first-order valence-corrected chi connectivity index (χ1v) is 9.13. The van der Waals surface area contributed by atoms with Gasteiger partial charge in [-0.25, -0.2) is 4.79 Å². The normalized spacial score (nSPS) is 14.7. The number of aromatic nitrogens is 3. The molecule has 1 aromatic carbocycles. The molecule has 27 heavy (non-hydrogen) atoms. The molecule has 2 rings (SSSR count). The number of carboxylic acids is 1. The molecule has 0 bridgehead atoms. The van der Waals surface area contributed by atoms with Gasteiger partial charge in [-0.05, 0) is 30.4 Å². The molecular weight excluding hydrogens is 348 g/mol. The average Bonchev–Trinajstić information content (AvgIpc) is 2.64. The quantitative estimate of drug-likeness (QED) is 0.730. The van der Waals surface area contributed by atoms with Crippen LogP contribution >= 0.6 is 0 Å². The van der Waals surface area contributed by atoms with Crippen molar-refractivity contribution in [2.24, 2.45) is 11.8 Å². The number of amides is 1. The van der Waals surface area contributed by atoms with Crippen molar-refractivity contribution in [3.63, 3.8) is 0 Å². The van der Waals surface area contributed by atoms with Crippen LogP contribution in [0.4, 0.5) is 0 Å². The smallest absolute Gasteiger partial charge is 0.326 e. The van der Waals surface area contributed by atoms with Gasteiger partial charge in [0.15, 0.2) is 0 Å². The van der Waals surface area contributed by atoms with Gasteiger partial charge >= 0.3 is 5.97 Å². The van der Waals surface area contributed by atoms with Crippen molar-refractivity contribution in [2.45, 2.75) is 52.6 Å². The van der Waals surface area contributed by atoms with Crippen molar-refractivity contribution in [3.05, 3.63) is 34.6 Å². The van der Waals surface area contributed by atoms with Crippen LogP contribution in [0.1, 0.15) is 46.6 Å². The molecule has 1 heterocycles. The first-order valence-electron chi connectivity index (χ1n) is 9.13. The summed E-state index contributed by atoms with van der Waals surface area (Å²) in [5, 5.41) is 20.4. The number of fused-ring (bicyclic) bond motifs is 1. The molecular formula is C19H26N4O4. The summed E-state index contributed by atoms with van der Waals surface area (Å²) >= 11 is 0. The number of aliphatic carboxylic acids is 1. The fourth-order valence-corrected chi connectivity index (χ4v) is 2.90. The number of nitrogens with zero attached hydrogens (tertiary/aromatic N) is 3. The number of benzene rings is 1. The number of hydrogen-bond donors (Lipinski definition) is 2. The Kier molecular flexibility index (Phi) is 6.65. The molecule has 146 valence electrons. The van der Waals surface area contributed by atoms with E-state index in [4.69, 9.17) is 0 Å². The predicted octanol–water partition coefficient (Wildman–Crippen LogP) is 1.99. The molecule has 0 fully saturated rings. The summed E-state index contributed by atoms with van der Waals surface area (Å²) in [5.41, 5.74) is 0.0299. The second-order valence-electron chi connectivity index (χ2n) is 7.21. The third kappa shape index (κ3) is 4.69. The van der Waals surface area contributed by atoms with Gasteiger partial charge in [-0.2, -0.15) is 4.68 Å². The third-order valence-corrected chi connectivity index (χ3v) is 4.66. The van der Waals surface area contributed by atoms with E-state index in [1.807, 2.05) is 20.8 Å². The van der Waals surface area contributed by atoms with E-state index < -0.39 is 29.5 Å². The molecule has 0 aliphatic carbocycles. The third-order valence-electron chi connectivity index (χ3n) is 4.66. The van der Waals surface area contributed by atoms with Crippen molar-refractivity contribution in [1.82, 2.24) is 20.3 Å². The summed E-state index contributed by atoms with van der Waals surface area (Å²) in [6.07, 6.45) is 0.938. The lowest BCUT2D eigenvalue weighted by Crippen LogP contribution is -2.49. The molecule has 3 atom stereocenters. The average molecular weight is 374 g/mol. The summed E-state index contributed by atoms with van der Waals surface area (Å²) in [4.78, 5) is 37.3. The monoisotopic (exact) mass is 374 g/mol. The van der Waals surface area contributed by atoms with Crippen molar-refractivity contribution in [1.29, 1.82) is 0 Å². The Hall–Kier alpha value is -2.77. The molecule has 0 unspecified atom stereocenters. The molecule has 0 spiro atoms. The largest absolute Gasteiger partial charge is 0.480 e. The minimum absolute atomic E-state index is 0.0906. The van der Waals surface area contributed by atoms with Crippen molar-refractivity contribution in [2.75, 3.05) is 0 Å². The molecule has 1 amide bonds. The van der Waals surface area contributed by atoms with Gasteiger partial charge < -0.3 is 10.4 Å². The van der Waals surface area contributed by atoms with Crippen LogP contribution in [-0.2, 0) is 9.59 Å². The molecule has 2 N–H and O–H groups in total. The first-order chi connectivity index (χ1) is 12.8. The summed E-state index contributed by atoms with van der Waals surface area (Å²) < 4.78 is 1.06. The number of carbonyl (C=O) groups is 2. The minimum atomic E-state index is -1.10. The fraction of sp³-hybridized carbons (Fsp3) is 0.526. The second-order valence-corrected chi connectivity index (χ2v) is 7.21. The maximum absolute atomic E-state index is 12.9. The van der Waals surface area contributed by atoms with Crippen molar-refractivity contribution >= 4 is 22.8 Å². The van der Waals surface area contributed by atoms with Crippen LogP contribution in [0.5, 0.6) is 0 Å². The van der Waals surface area contributed by atoms with Crippen LogP contribution < -0.4 is 10.9 Å². The van der Waals surface area contributed by atoms with Gasteiger partial charge in [-0.3, -0.25) is 9.59 Å². The van der Waals surface area contributed by atoms with Gasteiger partial charge in [0.2, 0.25) is 5.91 Å². The van der Waals surface area contributed by atoms with Gasteiger partial charge in [-0.1, -0.05) is 51.5 Å². The number of nitrogens with one attached hydrogen (secondary N) is 1. The van der Waals surface area contributed by atoms with Crippen LogP contribution in [0.3, 0.4) is 0 Å². The number of hydrogen-bond acceptors (Lipinski definition) is 5. The van der Waals surface area contributed by atoms with E-state index in [1.165, 1.54) is 0 Å². The zero-order valence-corrected chi connectivity index (χ0v) is 16.0. The van der Waals surface area contributed by atoms with Gasteiger partial charge in [0.1, 0.15) is 17.6 Å². The Bertz CT molecular complexity index is 877. The SMILES string of the molecule is CC[C@@H](C)[C@H](NC(=O)[C@H](CC(C)C)n1nnc2ccccc2c1=O)C(=O)O. The summed E-state index contributed by atoms with van der Waals surface area (Å²) in [6, 6.07) is 4.82. The molecule has 0 aliphatic rings. The highest BCUT2D eigenvalue weighted by atomic mass is 16.4. The number of carbonyl (C=O) groups excluding carboxylic acids is 1. The highest BCUT2D eigenvalue weighted by Crippen LogP contribution is 2.18. The molecule has 8 nitrogen and oxygen atoms in total.